The SMILES string of the molecule is C/C=C1/CN[C@H]2Cc3c([nH]c4ccccc34)[C@@H](c3c(OC)ccc4c5c([nH]c34)[C@]3(OC(C)=O)C[C@H]4C[C@H]([C@H](C)O)[C@@H]3N(CC5)C4)C[C@@H]1[C@]2(CO)OC(C)=O. The molecule has 6 aliphatic rings. The molecule has 1 unspecified atom stereocenters. The highest BCUT2D eigenvalue weighted by molar-refractivity contribution is 5.92. The molecule has 11 heteroatoms. The number of hydrogen-bond donors (Lipinski definition) is 5. The van der Waals surface area contributed by atoms with E-state index in [2.05, 4.69) is 50.5 Å². The highest BCUT2D eigenvalue weighted by Crippen LogP contribution is 2.57. The normalized spacial score (nSPS) is 34.1. The lowest BCUT2D eigenvalue weighted by atomic mass is 9.62. The number of hydrogen-bond acceptors (Lipinski definition) is 9. The van der Waals surface area contributed by atoms with Crippen molar-refractivity contribution in [2.45, 2.75) is 95.1 Å². The number of nitrogens with one attached hydrogen (secondary N) is 3. The zero-order valence-electron chi connectivity index (χ0n) is 31.8. The van der Waals surface area contributed by atoms with Crippen LogP contribution in [-0.2, 0) is 37.5 Å². The average Bonchev–Trinajstić information content (AvgIpc) is 3.69. The molecule has 1 saturated carbocycles. The van der Waals surface area contributed by atoms with Crippen LogP contribution in [-0.4, -0.2) is 94.2 Å². The molecule has 54 heavy (non-hydrogen) atoms. The van der Waals surface area contributed by atoms with E-state index in [0.717, 1.165) is 87.1 Å². The quantitative estimate of drug-likeness (QED) is 0.137. The van der Waals surface area contributed by atoms with Crippen molar-refractivity contribution >= 4 is 33.7 Å². The molecule has 6 bridgehead atoms. The van der Waals surface area contributed by atoms with Gasteiger partial charge in [-0.1, -0.05) is 29.8 Å². The van der Waals surface area contributed by atoms with Gasteiger partial charge in [-0.3, -0.25) is 14.5 Å². The van der Waals surface area contributed by atoms with Gasteiger partial charge in [0.05, 0.1) is 43.1 Å². The van der Waals surface area contributed by atoms with Gasteiger partial charge in [0.1, 0.15) is 5.75 Å². The van der Waals surface area contributed by atoms with Crippen molar-refractivity contribution in [3.05, 3.63) is 76.1 Å². The first kappa shape index (κ1) is 35.5. The van der Waals surface area contributed by atoms with E-state index in [4.69, 9.17) is 14.2 Å². The number of nitrogens with zero attached hydrogens (tertiary/aromatic N) is 1. The van der Waals surface area contributed by atoms with Gasteiger partial charge in [0.25, 0.3) is 0 Å². The van der Waals surface area contributed by atoms with Crippen LogP contribution in [0, 0.1) is 17.8 Å². The van der Waals surface area contributed by atoms with Crippen LogP contribution >= 0.6 is 0 Å². The molecule has 0 amide bonds. The van der Waals surface area contributed by atoms with Gasteiger partial charge >= 0.3 is 11.9 Å². The number of methoxy groups -OCH3 is 1. The molecule has 286 valence electrons. The zero-order valence-corrected chi connectivity index (χ0v) is 31.8. The molecule has 4 fully saturated rings. The standard InChI is InChI=1S/C43H52N4O7/c1-6-26-19-44-36-17-31-27-9-7-8-10-34(27)45-38(31)32(16-33(26)43(36,21-48)54-24(4)51)37-35(52-5)12-11-28-29-13-14-47-20-25-15-30(22(2)49)41(47)42(18-25,53-23(3)50)40(29)46-39(28)37/h6-12,22,25,30,32-33,36,41,44-46,48-49H,13-21H2,1-5H3/b26-6-/t22-,25+,30+,32+,33-,36-,41-,42+,43-/m0/s1. The second-order valence-corrected chi connectivity index (χ2v) is 16.6. The van der Waals surface area contributed by atoms with Crippen molar-refractivity contribution in [1.82, 2.24) is 20.2 Å². The van der Waals surface area contributed by atoms with Gasteiger partial charge in [-0.15, -0.1) is 0 Å². The lowest BCUT2D eigenvalue weighted by molar-refractivity contribution is -0.208. The first-order valence-corrected chi connectivity index (χ1v) is 19.7. The molecule has 5 N–H and O–H groups in total. The lowest BCUT2D eigenvalue weighted by Gasteiger charge is -2.58. The predicted octanol–water partition coefficient (Wildman–Crippen LogP) is 4.97. The molecular weight excluding hydrogens is 684 g/mol. The minimum Gasteiger partial charge on any atom is -0.496 e. The second kappa shape index (κ2) is 13.0. The number of para-hydroxylation sites is 1. The van der Waals surface area contributed by atoms with Crippen molar-refractivity contribution < 1.29 is 34.0 Å². The summed E-state index contributed by atoms with van der Waals surface area (Å²) in [5, 5.41) is 28.3. The summed E-state index contributed by atoms with van der Waals surface area (Å²) in [6.07, 6.45) is 4.97. The summed E-state index contributed by atoms with van der Waals surface area (Å²) in [7, 11) is 1.70. The van der Waals surface area contributed by atoms with Gasteiger partial charge in [0, 0.05) is 78.8 Å². The number of ether oxygens (including phenoxy) is 3. The Bertz CT molecular complexity index is 2190. The van der Waals surface area contributed by atoms with Crippen LogP contribution < -0.4 is 10.1 Å². The van der Waals surface area contributed by atoms with Crippen molar-refractivity contribution in [1.29, 1.82) is 0 Å². The fourth-order valence-electron chi connectivity index (χ4n) is 11.9. The van der Waals surface area contributed by atoms with E-state index < -0.39 is 23.3 Å². The summed E-state index contributed by atoms with van der Waals surface area (Å²) in [5.74, 6) is -0.375. The topological polar surface area (TPSA) is 149 Å². The number of carbonyl (C=O) groups excluding carboxylic acids is 2. The Morgan fingerprint density at radius 1 is 1.06 bits per heavy atom. The van der Waals surface area contributed by atoms with E-state index in [9.17, 15) is 19.8 Å². The van der Waals surface area contributed by atoms with Crippen LogP contribution in [0.2, 0.25) is 0 Å². The fourth-order valence-corrected chi connectivity index (χ4v) is 11.9. The van der Waals surface area contributed by atoms with Gasteiger partial charge in [-0.25, -0.2) is 0 Å². The number of H-pyrrole nitrogens is 2. The molecule has 6 heterocycles. The monoisotopic (exact) mass is 736 g/mol. The summed E-state index contributed by atoms with van der Waals surface area (Å²) in [6.45, 7) is 8.81. The summed E-state index contributed by atoms with van der Waals surface area (Å²) >= 11 is 0. The Hall–Kier alpha value is -4.16. The third kappa shape index (κ3) is 5.07. The van der Waals surface area contributed by atoms with Crippen molar-refractivity contribution in [3.8, 4) is 5.75 Å². The van der Waals surface area contributed by atoms with Crippen LogP contribution in [0.3, 0.4) is 0 Å². The van der Waals surface area contributed by atoms with Gasteiger partial charge in [-0.05, 0) is 81.2 Å². The zero-order chi connectivity index (χ0) is 37.7. The molecule has 2 aromatic carbocycles. The van der Waals surface area contributed by atoms with Crippen LogP contribution in [0.1, 0.15) is 81.0 Å². The smallest absolute Gasteiger partial charge is 0.303 e. The molecule has 10 rings (SSSR count). The van der Waals surface area contributed by atoms with Crippen molar-refractivity contribution in [2.24, 2.45) is 17.8 Å². The van der Waals surface area contributed by atoms with Gasteiger partial charge in [0.2, 0.25) is 0 Å². The molecule has 10 atom stereocenters. The summed E-state index contributed by atoms with van der Waals surface area (Å²) in [4.78, 5) is 36.3. The summed E-state index contributed by atoms with van der Waals surface area (Å²) < 4.78 is 19.2. The molecule has 4 aliphatic heterocycles. The van der Waals surface area contributed by atoms with Gasteiger partial charge in [0.15, 0.2) is 11.2 Å². The van der Waals surface area contributed by atoms with E-state index in [1.54, 1.807) is 7.11 Å². The van der Waals surface area contributed by atoms with E-state index in [-0.39, 0.29) is 48.3 Å². The fraction of sp³-hybridized carbons (Fsp3) is 0.535. The molecular formula is C43H52N4O7. The number of aromatic nitrogens is 2. The Balaban J connectivity index is 1.32. The van der Waals surface area contributed by atoms with Crippen LogP contribution in [0.5, 0.6) is 5.75 Å². The molecule has 0 spiro atoms. The molecule has 4 aromatic rings. The molecule has 2 aliphatic carbocycles. The highest BCUT2D eigenvalue weighted by Gasteiger charge is 2.62. The number of aliphatic hydroxyl groups is 2. The molecule has 3 saturated heterocycles. The number of aromatic amines is 2. The largest absolute Gasteiger partial charge is 0.496 e. The summed E-state index contributed by atoms with van der Waals surface area (Å²) in [5.41, 5.74) is 6.10. The Labute approximate surface area is 315 Å². The number of piperidine rings is 3. The van der Waals surface area contributed by atoms with Crippen LogP contribution in [0.15, 0.2) is 48.0 Å². The Morgan fingerprint density at radius 2 is 1.85 bits per heavy atom. The maximum Gasteiger partial charge on any atom is 0.303 e. The number of benzene rings is 2. The number of aliphatic hydroxyl groups excluding tert-OH is 2. The maximum atomic E-state index is 13.1. The predicted molar refractivity (Wildman–Crippen MR) is 204 cm³/mol. The highest BCUT2D eigenvalue weighted by atomic mass is 16.6. The first-order chi connectivity index (χ1) is 26.0. The minimum atomic E-state index is -1.20. The van der Waals surface area contributed by atoms with Crippen LogP contribution in [0.4, 0.5) is 0 Å². The minimum absolute atomic E-state index is 0.0391. The van der Waals surface area contributed by atoms with E-state index >= 15 is 0 Å². The molecule has 11 nitrogen and oxygen atoms in total. The van der Waals surface area contributed by atoms with Gasteiger partial charge in [-0.2, -0.15) is 0 Å². The number of rotatable bonds is 6. The van der Waals surface area contributed by atoms with E-state index in [1.165, 1.54) is 13.8 Å². The van der Waals surface area contributed by atoms with Crippen LogP contribution in [0.25, 0.3) is 21.8 Å². The molecule has 2 aromatic heterocycles. The number of carbonyl (C=O) groups is 2. The van der Waals surface area contributed by atoms with E-state index in [1.807, 2.05) is 26.0 Å². The number of fused-ring (bicyclic) bond motifs is 9. The first-order valence-electron chi connectivity index (χ1n) is 19.7. The average molecular weight is 737 g/mol. The summed E-state index contributed by atoms with van der Waals surface area (Å²) in [6, 6.07) is 12.0. The molecule has 0 radical (unpaired) electrons. The lowest BCUT2D eigenvalue weighted by Crippen LogP contribution is -2.67. The third-order valence-electron chi connectivity index (χ3n) is 13.8. The maximum absolute atomic E-state index is 13.1. The number of allylic oxidation sites excluding steroid dienone is 1. The number of esters is 2. The van der Waals surface area contributed by atoms with Crippen molar-refractivity contribution in [3.63, 3.8) is 0 Å². The Kier molecular flexibility index (Phi) is 8.53. The second-order valence-electron chi connectivity index (χ2n) is 16.6. The van der Waals surface area contributed by atoms with Gasteiger partial charge < -0.3 is 39.7 Å². The van der Waals surface area contributed by atoms with Crippen molar-refractivity contribution in [2.75, 3.05) is 33.4 Å². The third-order valence-corrected chi connectivity index (χ3v) is 13.8. The Morgan fingerprint density at radius 3 is 2.57 bits per heavy atom. The van der Waals surface area contributed by atoms with E-state index in [0.29, 0.717) is 25.8 Å².